The molecule has 0 radical (unpaired) electrons. The van der Waals surface area contributed by atoms with Crippen LogP contribution in [-0.2, 0) is 15.4 Å². The summed E-state index contributed by atoms with van der Waals surface area (Å²) in [6, 6.07) is 12.2. The fraction of sp³-hybridized carbons (Fsp3) is 0.409. The number of hydrogen-bond donors (Lipinski definition) is 2. The van der Waals surface area contributed by atoms with E-state index in [-0.39, 0.29) is 22.6 Å². The molecule has 0 saturated heterocycles. The van der Waals surface area contributed by atoms with Crippen molar-refractivity contribution in [1.82, 2.24) is 0 Å². The second kappa shape index (κ2) is 8.35. The summed E-state index contributed by atoms with van der Waals surface area (Å²) in [7, 11) is -3.57. The van der Waals surface area contributed by atoms with Crippen LogP contribution in [0.4, 0.5) is 11.4 Å². The Morgan fingerprint density at radius 2 is 1.64 bits per heavy atom. The van der Waals surface area contributed by atoms with Gasteiger partial charge < -0.3 is 5.73 Å². The first-order valence-electron chi connectivity index (χ1n) is 9.52. The zero-order chi connectivity index (χ0) is 21.1. The minimum atomic E-state index is -3.57. The molecule has 0 saturated carbocycles. The SMILES string of the molecule is CCCC(C)S(=O)(=O)Nc1cc(C(=O)c2ccc(C(C)(C)C)cc2)ccc1N. The predicted molar refractivity (Wildman–Crippen MR) is 116 cm³/mol. The van der Waals surface area contributed by atoms with Gasteiger partial charge >= 0.3 is 0 Å². The van der Waals surface area contributed by atoms with E-state index in [9.17, 15) is 13.2 Å². The van der Waals surface area contributed by atoms with Gasteiger partial charge in [0, 0.05) is 11.1 Å². The number of nitrogen functional groups attached to an aromatic ring is 1. The molecule has 2 aromatic carbocycles. The van der Waals surface area contributed by atoms with Crippen molar-refractivity contribution >= 4 is 27.2 Å². The summed E-state index contributed by atoms with van der Waals surface area (Å²) < 4.78 is 27.5. The fourth-order valence-electron chi connectivity index (χ4n) is 2.89. The molecule has 2 aromatic rings. The first-order chi connectivity index (χ1) is 13.0. The van der Waals surface area contributed by atoms with Gasteiger partial charge in [-0.15, -0.1) is 0 Å². The van der Waals surface area contributed by atoms with Crippen LogP contribution in [0, 0.1) is 0 Å². The average molecular weight is 403 g/mol. The largest absolute Gasteiger partial charge is 0.397 e. The number of anilines is 2. The maximum Gasteiger partial charge on any atom is 0.235 e. The number of benzene rings is 2. The second-order valence-electron chi connectivity index (χ2n) is 8.20. The van der Waals surface area contributed by atoms with Crippen LogP contribution in [-0.4, -0.2) is 19.5 Å². The predicted octanol–water partition coefficient (Wildman–Crippen LogP) is 4.73. The van der Waals surface area contributed by atoms with Gasteiger partial charge in [-0.1, -0.05) is 58.4 Å². The van der Waals surface area contributed by atoms with E-state index in [1.165, 1.54) is 6.07 Å². The van der Waals surface area contributed by atoms with E-state index < -0.39 is 15.3 Å². The highest BCUT2D eigenvalue weighted by atomic mass is 32.2. The fourth-order valence-corrected chi connectivity index (χ4v) is 4.12. The lowest BCUT2D eigenvalue weighted by Crippen LogP contribution is -2.25. The van der Waals surface area contributed by atoms with Crippen molar-refractivity contribution in [1.29, 1.82) is 0 Å². The molecule has 0 fully saturated rings. The molecule has 6 heteroatoms. The maximum absolute atomic E-state index is 12.9. The molecule has 0 aliphatic carbocycles. The molecule has 0 bridgehead atoms. The van der Waals surface area contributed by atoms with E-state index in [4.69, 9.17) is 5.73 Å². The molecular weight excluding hydrogens is 372 g/mol. The third kappa shape index (κ3) is 5.13. The number of ketones is 1. The molecule has 2 rings (SSSR count). The summed E-state index contributed by atoms with van der Waals surface area (Å²) in [5.74, 6) is -0.178. The number of rotatable bonds is 7. The second-order valence-corrected chi connectivity index (χ2v) is 10.3. The van der Waals surface area contributed by atoms with Crippen molar-refractivity contribution in [3.05, 3.63) is 59.2 Å². The van der Waals surface area contributed by atoms with Crippen molar-refractivity contribution in [2.75, 3.05) is 10.5 Å². The summed E-state index contributed by atoms with van der Waals surface area (Å²) in [6.45, 7) is 9.93. The standard InChI is InChI=1S/C22H30N2O3S/c1-6-7-15(2)28(26,27)24-20-14-17(10-13-19(20)23)21(25)16-8-11-18(12-9-16)22(3,4)5/h8-15,24H,6-7,23H2,1-5H3. The molecule has 0 spiro atoms. The summed E-state index contributed by atoms with van der Waals surface area (Å²) >= 11 is 0. The van der Waals surface area contributed by atoms with Gasteiger partial charge in [-0.05, 0) is 42.5 Å². The zero-order valence-electron chi connectivity index (χ0n) is 17.2. The summed E-state index contributed by atoms with van der Waals surface area (Å²) in [6.07, 6.45) is 1.31. The third-order valence-corrected chi connectivity index (χ3v) is 6.61. The number of carbonyl (C=O) groups is 1. The van der Waals surface area contributed by atoms with E-state index in [2.05, 4.69) is 25.5 Å². The Hall–Kier alpha value is -2.34. The van der Waals surface area contributed by atoms with Gasteiger partial charge in [-0.3, -0.25) is 9.52 Å². The molecule has 28 heavy (non-hydrogen) atoms. The van der Waals surface area contributed by atoms with E-state index in [0.29, 0.717) is 17.5 Å². The topological polar surface area (TPSA) is 89.3 Å². The zero-order valence-corrected chi connectivity index (χ0v) is 18.1. The Labute approximate surface area is 168 Å². The molecule has 0 aliphatic rings. The number of nitrogens with two attached hydrogens (primary N) is 1. The highest BCUT2D eigenvalue weighted by molar-refractivity contribution is 7.93. The highest BCUT2D eigenvalue weighted by Gasteiger charge is 2.22. The van der Waals surface area contributed by atoms with Crippen LogP contribution in [0.15, 0.2) is 42.5 Å². The number of carbonyl (C=O) groups excluding carboxylic acids is 1. The normalized spacial score (nSPS) is 13.2. The first kappa shape index (κ1) is 22.0. The molecular formula is C22H30N2O3S. The highest BCUT2D eigenvalue weighted by Crippen LogP contribution is 2.26. The van der Waals surface area contributed by atoms with Crippen LogP contribution in [0.1, 0.15) is 68.9 Å². The molecule has 1 atom stereocenters. The Morgan fingerprint density at radius 3 is 2.18 bits per heavy atom. The Balaban J connectivity index is 2.30. The smallest absolute Gasteiger partial charge is 0.235 e. The van der Waals surface area contributed by atoms with Crippen molar-refractivity contribution < 1.29 is 13.2 Å². The summed E-state index contributed by atoms with van der Waals surface area (Å²) in [4.78, 5) is 12.9. The Morgan fingerprint density at radius 1 is 1.07 bits per heavy atom. The number of hydrogen-bond acceptors (Lipinski definition) is 4. The van der Waals surface area contributed by atoms with Gasteiger partial charge in [0.15, 0.2) is 5.78 Å². The molecule has 0 aliphatic heterocycles. The van der Waals surface area contributed by atoms with Gasteiger partial charge in [0.25, 0.3) is 0 Å². The molecule has 3 N–H and O–H groups in total. The monoisotopic (exact) mass is 402 g/mol. The average Bonchev–Trinajstić information content (AvgIpc) is 2.62. The lowest BCUT2D eigenvalue weighted by molar-refractivity contribution is 0.103. The Bertz CT molecular complexity index is 943. The molecule has 152 valence electrons. The minimum absolute atomic E-state index is 0.00338. The number of nitrogens with one attached hydrogen (secondary N) is 1. The van der Waals surface area contributed by atoms with Crippen molar-refractivity contribution in [2.45, 2.75) is 58.1 Å². The number of sulfonamides is 1. The Kier molecular flexibility index (Phi) is 6.55. The lowest BCUT2D eigenvalue weighted by Gasteiger charge is -2.19. The van der Waals surface area contributed by atoms with E-state index in [1.807, 2.05) is 19.1 Å². The van der Waals surface area contributed by atoms with Crippen LogP contribution in [0.3, 0.4) is 0 Å². The van der Waals surface area contributed by atoms with Gasteiger partial charge in [0.2, 0.25) is 10.0 Å². The van der Waals surface area contributed by atoms with E-state index in [1.54, 1.807) is 31.2 Å². The van der Waals surface area contributed by atoms with Crippen LogP contribution in [0.2, 0.25) is 0 Å². The van der Waals surface area contributed by atoms with Crippen LogP contribution in [0.25, 0.3) is 0 Å². The summed E-state index contributed by atoms with van der Waals surface area (Å²) in [5, 5.41) is -0.541. The van der Waals surface area contributed by atoms with Crippen molar-refractivity contribution in [2.24, 2.45) is 0 Å². The maximum atomic E-state index is 12.9. The molecule has 0 aromatic heterocycles. The van der Waals surface area contributed by atoms with Crippen LogP contribution < -0.4 is 10.5 Å². The van der Waals surface area contributed by atoms with Gasteiger partial charge in [-0.25, -0.2) is 8.42 Å². The van der Waals surface area contributed by atoms with Gasteiger partial charge in [-0.2, -0.15) is 0 Å². The van der Waals surface area contributed by atoms with E-state index in [0.717, 1.165) is 12.0 Å². The quantitative estimate of drug-likeness (QED) is 0.518. The molecule has 1 unspecified atom stereocenters. The molecule has 5 nitrogen and oxygen atoms in total. The van der Waals surface area contributed by atoms with Gasteiger partial charge in [0.1, 0.15) is 0 Å². The molecule has 0 heterocycles. The first-order valence-corrected chi connectivity index (χ1v) is 11.1. The lowest BCUT2D eigenvalue weighted by atomic mass is 9.86. The third-order valence-electron chi connectivity index (χ3n) is 4.81. The van der Waals surface area contributed by atoms with Crippen LogP contribution in [0.5, 0.6) is 0 Å². The molecule has 0 amide bonds. The van der Waals surface area contributed by atoms with Crippen molar-refractivity contribution in [3.8, 4) is 0 Å². The van der Waals surface area contributed by atoms with Crippen molar-refractivity contribution in [3.63, 3.8) is 0 Å². The minimum Gasteiger partial charge on any atom is -0.397 e. The van der Waals surface area contributed by atoms with Gasteiger partial charge in [0.05, 0.1) is 16.6 Å². The van der Waals surface area contributed by atoms with Crippen LogP contribution >= 0.6 is 0 Å². The van der Waals surface area contributed by atoms with E-state index >= 15 is 0 Å². The summed E-state index contributed by atoms with van der Waals surface area (Å²) in [5.41, 5.74) is 8.54.